The second-order valence-corrected chi connectivity index (χ2v) is 3.28. The molecule has 0 aliphatic carbocycles. The smallest absolute Gasteiger partial charge is 0.279 e. The Hall–Kier alpha value is -2.10. The summed E-state index contributed by atoms with van der Waals surface area (Å²) in [6, 6.07) is 8.80. The van der Waals surface area contributed by atoms with Crippen LogP contribution in [0.5, 0.6) is 0 Å². The summed E-state index contributed by atoms with van der Waals surface area (Å²) in [5, 5.41) is 0. The number of rotatable bonds is 1. The number of aromatic nitrogens is 2. The largest absolute Gasteiger partial charge is 0.394 e. The minimum atomic E-state index is -0.240. The second-order valence-electron chi connectivity index (χ2n) is 3.28. The summed E-state index contributed by atoms with van der Waals surface area (Å²) >= 11 is 0. The molecule has 15 heavy (non-hydrogen) atoms. The predicted molar refractivity (Wildman–Crippen MR) is 59.0 cm³/mol. The van der Waals surface area contributed by atoms with Gasteiger partial charge in [0, 0.05) is 11.9 Å². The fourth-order valence-electron chi connectivity index (χ4n) is 1.35. The summed E-state index contributed by atoms with van der Waals surface area (Å²) < 4.78 is 1.43. The number of anilines is 1. The number of nitrogen functional groups attached to an aromatic ring is 1. The van der Waals surface area contributed by atoms with Crippen LogP contribution < -0.4 is 11.3 Å². The van der Waals surface area contributed by atoms with Crippen molar-refractivity contribution in [1.82, 2.24) is 9.55 Å². The second kappa shape index (κ2) is 3.57. The lowest BCUT2D eigenvalue weighted by molar-refractivity contribution is 0.932. The first-order chi connectivity index (χ1) is 7.18. The van der Waals surface area contributed by atoms with Crippen LogP contribution in [0.2, 0.25) is 0 Å². The Morgan fingerprint density at radius 2 is 2.07 bits per heavy atom. The van der Waals surface area contributed by atoms with E-state index in [1.165, 1.54) is 4.57 Å². The molecule has 4 nitrogen and oxygen atoms in total. The van der Waals surface area contributed by atoms with Crippen LogP contribution in [0.3, 0.4) is 0 Å². The number of nitrogens with two attached hydrogens (primary N) is 1. The van der Waals surface area contributed by atoms with E-state index in [0.29, 0.717) is 5.82 Å². The van der Waals surface area contributed by atoms with Crippen molar-refractivity contribution >= 4 is 5.69 Å². The Balaban J connectivity index is 2.65. The van der Waals surface area contributed by atoms with Crippen molar-refractivity contribution in [3.05, 3.63) is 52.6 Å². The van der Waals surface area contributed by atoms with Gasteiger partial charge in [0.05, 0.1) is 5.69 Å². The SMILES string of the molecule is Cc1cccc(-n2cccc(N)c2=O)n1. The normalized spacial score (nSPS) is 10.2. The van der Waals surface area contributed by atoms with Crippen molar-refractivity contribution in [2.75, 3.05) is 5.73 Å². The van der Waals surface area contributed by atoms with E-state index in [1.807, 2.05) is 19.1 Å². The van der Waals surface area contributed by atoms with Crippen LogP contribution >= 0.6 is 0 Å². The molecule has 0 saturated heterocycles. The van der Waals surface area contributed by atoms with E-state index in [2.05, 4.69) is 4.98 Å². The van der Waals surface area contributed by atoms with Crippen molar-refractivity contribution < 1.29 is 0 Å². The third kappa shape index (κ3) is 1.74. The van der Waals surface area contributed by atoms with Crippen molar-refractivity contribution in [3.8, 4) is 5.82 Å². The molecular weight excluding hydrogens is 190 g/mol. The summed E-state index contributed by atoms with van der Waals surface area (Å²) in [6.45, 7) is 1.88. The Kier molecular flexibility index (Phi) is 2.25. The quantitative estimate of drug-likeness (QED) is 0.752. The van der Waals surface area contributed by atoms with E-state index in [9.17, 15) is 4.79 Å². The molecule has 0 fully saturated rings. The molecule has 2 heterocycles. The van der Waals surface area contributed by atoms with E-state index in [-0.39, 0.29) is 11.2 Å². The van der Waals surface area contributed by atoms with Crippen LogP contribution in [0.25, 0.3) is 5.82 Å². The van der Waals surface area contributed by atoms with Crippen LogP contribution in [-0.2, 0) is 0 Å². The van der Waals surface area contributed by atoms with Gasteiger partial charge in [0.15, 0.2) is 0 Å². The number of hydrogen-bond acceptors (Lipinski definition) is 3. The molecule has 0 aromatic carbocycles. The molecular formula is C11H11N3O. The van der Waals surface area contributed by atoms with Gasteiger partial charge in [-0.05, 0) is 31.2 Å². The molecule has 0 amide bonds. The highest BCUT2D eigenvalue weighted by Gasteiger charge is 2.02. The van der Waals surface area contributed by atoms with Crippen LogP contribution in [0.1, 0.15) is 5.69 Å². The van der Waals surface area contributed by atoms with E-state index >= 15 is 0 Å². The summed E-state index contributed by atoms with van der Waals surface area (Å²) in [4.78, 5) is 15.9. The Labute approximate surface area is 87.0 Å². The van der Waals surface area contributed by atoms with Gasteiger partial charge in [0.1, 0.15) is 5.82 Å². The molecule has 2 aromatic rings. The zero-order valence-electron chi connectivity index (χ0n) is 8.34. The highest BCUT2D eigenvalue weighted by atomic mass is 16.1. The average Bonchev–Trinajstić information content (AvgIpc) is 2.22. The standard InChI is InChI=1S/C11H11N3O/c1-8-4-2-6-10(13-8)14-7-3-5-9(12)11(14)15/h2-7H,12H2,1H3. The molecule has 0 saturated carbocycles. The fraction of sp³-hybridized carbons (Fsp3) is 0.0909. The van der Waals surface area contributed by atoms with Crippen LogP contribution in [0.4, 0.5) is 5.69 Å². The van der Waals surface area contributed by atoms with Gasteiger partial charge in [-0.1, -0.05) is 6.07 Å². The van der Waals surface area contributed by atoms with E-state index in [4.69, 9.17) is 5.73 Å². The van der Waals surface area contributed by atoms with Gasteiger partial charge in [0.2, 0.25) is 0 Å². The van der Waals surface area contributed by atoms with Gasteiger partial charge < -0.3 is 5.73 Å². The van der Waals surface area contributed by atoms with Crippen molar-refractivity contribution in [2.45, 2.75) is 6.92 Å². The Bertz CT molecular complexity index is 546. The van der Waals surface area contributed by atoms with Gasteiger partial charge in [-0.25, -0.2) is 4.98 Å². The van der Waals surface area contributed by atoms with Crippen LogP contribution in [0, 0.1) is 6.92 Å². The van der Waals surface area contributed by atoms with E-state index in [0.717, 1.165) is 5.69 Å². The maximum absolute atomic E-state index is 11.7. The summed E-state index contributed by atoms with van der Waals surface area (Å²) in [5.74, 6) is 0.590. The summed E-state index contributed by atoms with van der Waals surface area (Å²) in [5.41, 5.74) is 6.38. The first-order valence-corrected chi connectivity index (χ1v) is 4.59. The number of nitrogens with zero attached hydrogens (tertiary/aromatic N) is 2. The first kappa shape index (κ1) is 9.45. The maximum Gasteiger partial charge on any atom is 0.279 e. The lowest BCUT2D eigenvalue weighted by atomic mass is 10.3. The maximum atomic E-state index is 11.7. The molecule has 0 aliphatic rings. The number of pyridine rings is 2. The Morgan fingerprint density at radius 3 is 2.80 bits per heavy atom. The van der Waals surface area contributed by atoms with Gasteiger partial charge in [-0.3, -0.25) is 9.36 Å². The molecule has 0 unspecified atom stereocenters. The lowest BCUT2D eigenvalue weighted by Gasteiger charge is -2.05. The van der Waals surface area contributed by atoms with Crippen molar-refractivity contribution in [1.29, 1.82) is 0 Å². The van der Waals surface area contributed by atoms with E-state index < -0.39 is 0 Å². The minimum absolute atomic E-state index is 0.223. The molecule has 0 aliphatic heterocycles. The first-order valence-electron chi connectivity index (χ1n) is 4.59. The lowest BCUT2D eigenvalue weighted by Crippen LogP contribution is -2.21. The summed E-state index contributed by atoms with van der Waals surface area (Å²) in [6.07, 6.45) is 1.65. The third-order valence-electron chi connectivity index (χ3n) is 2.10. The zero-order chi connectivity index (χ0) is 10.8. The zero-order valence-corrected chi connectivity index (χ0v) is 8.34. The molecule has 0 bridgehead atoms. The average molecular weight is 201 g/mol. The topological polar surface area (TPSA) is 60.9 Å². The fourth-order valence-corrected chi connectivity index (χ4v) is 1.35. The molecule has 2 N–H and O–H groups in total. The molecule has 2 rings (SSSR count). The minimum Gasteiger partial charge on any atom is -0.394 e. The molecule has 2 aromatic heterocycles. The van der Waals surface area contributed by atoms with Crippen LogP contribution in [-0.4, -0.2) is 9.55 Å². The monoisotopic (exact) mass is 201 g/mol. The van der Waals surface area contributed by atoms with Gasteiger partial charge in [-0.15, -0.1) is 0 Å². The van der Waals surface area contributed by atoms with Crippen molar-refractivity contribution in [3.63, 3.8) is 0 Å². The molecule has 4 heteroatoms. The van der Waals surface area contributed by atoms with Gasteiger partial charge in [0.25, 0.3) is 5.56 Å². The molecule has 0 radical (unpaired) electrons. The predicted octanol–water partition coefficient (Wildman–Crippen LogP) is 1.12. The highest BCUT2D eigenvalue weighted by Crippen LogP contribution is 2.03. The van der Waals surface area contributed by atoms with E-state index in [1.54, 1.807) is 24.4 Å². The van der Waals surface area contributed by atoms with Crippen LogP contribution in [0.15, 0.2) is 41.3 Å². The third-order valence-corrected chi connectivity index (χ3v) is 2.10. The highest BCUT2D eigenvalue weighted by molar-refractivity contribution is 5.37. The van der Waals surface area contributed by atoms with Crippen molar-refractivity contribution in [2.24, 2.45) is 0 Å². The molecule has 0 atom stereocenters. The molecule has 76 valence electrons. The summed E-state index contributed by atoms with van der Waals surface area (Å²) in [7, 11) is 0. The number of hydrogen-bond donors (Lipinski definition) is 1. The molecule has 0 spiro atoms. The number of aryl methyl sites for hydroxylation is 1. The van der Waals surface area contributed by atoms with Gasteiger partial charge in [-0.2, -0.15) is 0 Å². The van der Waals surface area contributed by atoms with Gasteiger partial charge >= 0.3 is 0 Å². The Morgan fingerprint density at radius 1 is 1.27 bits per heavy atom.